The standard InChI is InChI=1S/C11H8Cl2O3/c12-8-4-7(10(14)9(13)5-8)3-6-1-2-16-11(6)15/h3-5,14H,1-2H2/b6-3+. The van der Waals surface area contributed by atoms with Crippen LogP contribution in [0.1, 0.15) is 12.0 Å². The fraction of sp³-hybridized carbons (Fsp3) is 0.182. The van der Waals surface area contributed by atoms with Crippen LogP contribution in [0.3, 0.4) is 0 Å². The Morgan fingerprint density at radius 1 is 1.38 bits per heavy atom. The number of esters is 1. The van der Waals surface area contributed by atoms with Gasteiger partial charge in [0.25, 0.3) is 0 Å². The molecule has 0 spiro atoms. The highest BCUT2D eigenvalue weighted by molar-refractivity contribution is 6.35. The first kappa shape index (κ1) is 11.3. The summed E-state index contributed by atoms with van der Waals surface area (Å²) in [6.45, 7) is 0.375. The first-order valence-corrected chi connectivity index (χ1v) is 5.39. The molecule has 1 aliphatic heterocycles. The van der Waals surface area contributed by atoms with E-state index >= 15 is 0 Å². The van der Waals surface area contributed by atoms with Crippen LogP contribution in [0, 0.1) is 0 Å². The van der Waals surface area contributed by atoms with Crippen molar-refractivity contribution in [3.63, 3.8) is 0 Å². The molecule has 0 unspecified atom stereocenters. The number of hydrogen-bond acceptors (Lipinski definition) is 3. The molecule has 0 amide bonds. The number of phenols is 1. The molecule has 0 bridgehead atoms. The Hall–Kier alpha value is -1.19. The lowest BCUT2D eigenvalue weighted by Gasteiger charge is -2.03. The van der Waals surface area contributed by atoms with Crippen molar-refractivity contribution >= 4 is 35.2 Å². The molecule has 0 aliphatic carbocycles. The number of carbonyl (C=O) groups is 1. The van der Waals surface area contributed by atoms with Crippen LogP contribution >= 0.6 is 23.2 Å². The number of ether oxygens (including phenoxy) is 1. The third-order valence-corrected chi connectivity index (χ3v) is 2.76. The zero-order chi connectivity index (χ0) is 11.7. The molecule has 84 valence electrons. The molecular formula is C11H8Cl2O3. The first-order chi connectivity index (χ1) is 7.58. The maximum atomic E-state index is 11.2. The molecule has 1 N–H and O–H groups in total. The van der Waals surface area contributed by atoms with Crippen molar-refractivity contribution < 1.29 is 14.6 Å². The molecule has 5 heteroatoms. The van der Waals surface area contributed by atoms with E-state index in [1.165, 1.54) is 6.07 Å². The molecule has 1 heterocycles. The molecular weight excluding hydrogens is 251 g/mol. The van der Waals surface area contributed by atoms with Crippen molar-refractivity contribution in [1.29, 1.82) is 0 Å². The first-order valence-electron chi connectivity index (χ1n) is 4.63. The molecule has 0 atom stereocenters. The van der Waals surface area contributed by atoms with E-state index in [-0.39, 0.29) is 16.7 Å². The van der Waals surface area contributed by atoms with Crippen LogP contribution in [0.2, 0.25) is 10.0 Å². The summed E-state index contributed by atoms with van der Waals surface area (Å²) in [5.41, 5.74) is 0.931. The molecule has 1 aliphatic rings. The molecule has 1 aromatic carbocycles. The van der Waals surface area contributed by atoms with Crippen LogP contribution in [0.25, 0.3) is 6.08 Å². The smallest absolute Gasteiger partial charge is 0.334 e. The summed E-state index contributed by atoms with van der Waals surface area (Å²) in [7, 11) is 0. The van der Waals surface area contributed by atoms with Crippen molar-refractivity contribution in [2.24, 2.45) is 0 Å². The molecule has 3 nitrogen and oxygen atoms in total. The van der Waals surface area contributed by atoms with Crippen molar-refractivity contribution in [2.75, 3.05) is 6.61 Å². The fourth-order valence-corrected chi connectivity index (χ4v) is 1.97. The third-order valence-electron chi connectivity index (χ3n) is 2.25. The molecule has 1 fully saturated rings. The van der Waals surface area contributed by atoms with Crippen LogP contribution in [-0.2, 0) is 9.53 Å². The minimum Gasteiger partial charge on any atom is -0.506 e. The van der Waals surface area contributed by atoms with Crippen LogP contribution in [0.5, 0.6) is 5.75 Å². The van der Waals surface area contributed by atoms with Crippen LogP contribution in [0.4, 0.5) is 0 Å². The van der Waals surface area contributed by atoms with Crippen LogP contribution in [-0.4, -0.2) is 17.7 Å². The molecule has 0 aromatic heterocycles. The number of rotatable bonds is 1. The van der Waals surface area contributed by atoms with Crippen LogP contribution in [0.15, 0.2) is 17.7 Å². The zero-order valence-electron chi connectivity index (χ0n) is 8.17. The number of benzene rings is 1. The second-order valence-corrected chi connectivity index (χ2v) is 4.22. The highest BCUT2D eigenvalue weighted by Crippen LogP contribution is 2.33. The summed E-state index contributed by atoms with van der Waals surface area (Å²) in [4.78, 5) is 11.2. The minimum absolute atomic E-state index is 0.0849. The minimum atomic E-state index is -0.365. The van der Waals surface area contributed by atoms with Crippen molar-refractivity contribution in [3.8, 4) is 5.75 Å². The predicted octanol–water partition coefficient (Wildman–Crippen LogP) is 3.03. The number of aromatic hydroxyl groups is 1. The van der Waals surface area contributed by atoms with E-state index in [9.17, 15) is 9.90 Å². The van der Waals surface area contributed by atoms with Gasteiger partial charge in [-0.25, -0.2) is 4.79 Å². The van der Waals surface area contributed by atoms with E-state index < -0.39 is 0 Å². The van der Waals surface area contributed by atoms with E-state index in [0.717, 1.165) is 0 Å². The molecule has 0 radical (unpaired) electrons. The summed E-state index contributed by atoms with van der Waals surface area (Å²) in [5, 5.41) is 10.2. The second-order valence-electron chi connectivity index (χ2n) is 3.38. The van der Waals surface area contributed by atoms with Gasteiger partial charge >= 0.3 is 5.97 Å². The van der Waals surface area contributed by atoms with Gasteiger partial charge in [-0.15, -0.1) is 0 Å². The Bertz CT molecular complexity index is 480. The highest BCUT2D eigenvalue weighted by atomic mass is 35.5. The Kier molecular flexibility index (Phi) is 3.08. The Morgan fingerprint density at radius 2 is 2.12 bits per heavy atom. The average molecular weight is 259 g/mol. The van der Waals surface area contributed by atoms with E-state index in [4.69, 9.17) is 27.9 Å². The lowest BCUT2D eigenvalue weighted by molar-refractivity contribution is -0.134. The highest BCUT2D eigenvalue weighted by Gasteiger charge is 2.19. The van der Waals surface area contributed by atoms with Gasteiger partial charge in [0.15, 0.2) is 0 Å². The lowest BCUT2D eigenvalue weighted by Crippen LogP contribution is -1.94. The number of phenolic OH excluding ortho intramolecular Hbond substituents is 1. The van der Waals surface area contributed by atoms with Gasteiger partial charge in [0.05, 0.1) is 11.6 Å². The molecule has 1 saturated heterocycles. The van der Waals surface area contributed by atoms with E-state index in [1.807, 2.05) is 0 Å². The predicted molar refractivity (Wildman–Crippen MR) is 61.7 cm³/mol. The van der Waals surface area contributed by atoms with E-state index in [2.05, 4.69) is 0 Å². The largest absolute Gasteiger partial charge is 0.506 e. The summed E-state index contributed by atoms with van der Waals surface area (Å²) in [6, 6.07) is 2.98. The van der Waals surface area contributed by atoms with E-state index in [1.54, 1.807) is 12.1 Å². The quantitative estimate of drug-likeness (QED) is 0.622. The Labute approximate surface area is 102 Å². The summed E-state index contributed by atoms with van der Waals surface area (Å²) in [6.07, 6.45) is 2.07. The van der Waals surface area contributed by atoms with Crippen molar-refractivity contribution in [3.05, 3.63) is 33.3 Å². The van der Waals surface area contributed by atoms with E-state index in [0.29, 0.717) is 29.2 Å². The third kappa shape index (κ3) is 2.15. The maximum Gasteiger partial charge on any atom is 0.334 e. The zero-order valence-corrected chi connectivity index (χ0v) is 9.68. The van der Waals surface area contributed by atoms with Gasteiger partial charge in [0, 0.05) is 22.6 Å². The fourth-order valence-electron chi connectivity index (χ4n) is 1.46. The summed E-state index contributed by atoms with van der Waals surface area (Å²) in [5.74, 6) is -0.450. The monoisotopic (exact) mass is 258 g/mol. The van der Waals surface area contributed by atoms with Gasteiger partial charge in [0.1, 0.15) is 5.75 Å². The van der Waals surface area contributed by atoms with Crippen molar-refractivity contribution in [2.45, 2.75) is 6.42 Å². The Balaban J connectivity index is 2.45. The SMILES string of the molecule is O=C1OCC/C1=C\c1cc(Cl)cc(Cl)c1O. The Morgan fingerprint density at radius 3 is 2.75 bits per heavy atom. The second kappa shape index (κ2) is 4.36. The van der Waals surface area contributed by atoms with Gasteiger partial charge < -0.3 is 9.84 Å². The van der Waals surface area contributed by atoms with Gasteiger partial charge in [-0.1, -0.05) is 23.2 Å². The number of halogens is 2. The summed E-state index contributed by atoms with van der Waals surface area (Å²) >= 11 is 11.6. The molecule has 2 rings (SSSR count). The molecule has 0 saturated carbocycles. The van der Waals surface area contributed by atoms with Gasteiger partial charge in [-0.05, 0) is 18.2 Å². The normalized spacial score (nSPS) is 17.9. The number of cyclic esters (lactones) is 1. The molecule has 16 heavy (non-hydrogen) atoms. The van der Waals surface area contributed by atoms with Crippen LogP contribution < -0.4 is 0 Å². The summed E-state index contributed by atoms with van der Waals surface area (Å²) < 4.78 is 4.78. The van der Waals surface area contributed by atoms with Crippen molar-refractivity contribution in [1.82, 2.24) is 0 Å². The maximum absolute atomic E-state index is 11.2. The average Bonchev–Trinajstić information content (AvgIpc) is 2.60. The number of carbonyl (C=O) groups excluding carboxylic acids is 1. The molecule has 1 aromatic rings. The number of hydrogen-bond donors (Lipinski definition) is 1. The topological polar surface area (TPSA) is 46.5 Å². The van der Waals surface area contributed by atoms with Gasteiger partial charge in [-0.2, -0.15) is 0 Å². The van der Waals surface area contributed by atoms with Gasteiger partial charge in [-0.3, -0.25) is 0 Å². The van der Waals surface area contributed by atoms with Gasteiger partial charge in [0.2, 0.25) is 0 Å². The lowest BCUT2D eigenvalue weighted by atomic mass is 10.1.